The van der Waals surface area contributed by atoms with Crippen LogP contribution in [0.5, 0.6) is 11.5 Å². The van der Waals surface area contributed by atoms with Gasteiger partial charge in [-0.25, -0.2) is 8.42 Å². The Morgan fingerprint density at radius 2 is 1.93 bits per heavy atom. The maximum absolute atomic E-state index is 13.1. The van der Waals surface area contributed by atoms with Crippen molar-refractivity contribution in [2.45, 2.75) is 38.8 Å². The Hall–Kier alpha value is -2.74. The van der Waals surface area contributed by atoms with Gasteiger partial charge in [0.05, 0.1) is 25.1 Å². The molecule has 2 aromatic rings. The third-order valence-electron chi connectivity index (χ3n) is 5.29. The fraction of sp³-hybridized carbons (Fsp3) is 0.409. The minimum Gasteiger partial charge on any atom is -0.497 e. The Morgan fingerprint density at radius 3 is 2.57 bits per heavy atom. The molecule has 0 unspecified atom stereocenters. The zero-order valence-electron chi connectivity index (χ0n) is 18.1. The topological polar surface area (TPSA) is 84.9 Å². The molecule has 0 spiro atoms. The summed E-state index contributed by atoms with van der Waals surface area (Å²) in [4.78, 5) is 13.1. The van der Waals surface area contributed by atoms with E-state index in [4.69, 9.17) is 9.47 Å². The Kier molecular flexibility index (Phi) is 5.73. The van der Waals surface area contributed by atoms with E-state index in [1.54, 1.807) is 25.3 Å². The van der Waals surface area contributed by atoms with Crippen LogP contribution in [0, 0.1) is 6.92 Å². The number of nitrogens with one attached hydrogen (secondary N) is 1. The molecule has 0 saturated carbocycles. The van der Waals surface area contributed by atoms with Crippen LogP contribution in [-0.2, 0) is 10.0 Å². The van der Waals surface area contributed by atoms with Crippen LogP contribution in [0.4, 0.5) is 5.69 Å². The number of rotatable bonds is 5. The van der Waals surface area contributed by atoms with E-state index in [0.29, 0.717) is 29.2 Å². The summed E-state index contributed by atoms with van der Waals surface area (Å²) in [7, 11) is -0.373. The van der Waals surface area contributed by atoms with Crippen molar-refractivity contribution in [3.63, 3.8) is 0 Å². The van der Waals surface area contributed by atoms with Crippen molar-refractivity contribution >= 4 is 21.6 Å². The predicted octanol–water partition coefficient (Wildman–Crippen LogP) is 3.43. The molecule has 1 aliphatic rings. The molecule has 2 aromatic carbocycles. The zero-order valence-corrected chi connectivity index (χ0v) is 19.0. The normalized spacial score (nSPS) is 17.5. The van der Waals surface area contributed by atoms with Crippen molar-refractivity contribution < 1.29 is 22.7 Å². The van der Waals surface area contributed by atoms with Crippen LogP contribution in [0.15, 0.2) is 36.4 Å². The van der Waals surface area contributed by atoms with Crippen molar-refractivity contribution in [3.05, 3.63) is 53.1 Å². The van der Waals surface area contributed by atoms with Crippen LogP contribution in [0.2, 0.25) is 0 Å². The van der Waals surface area contributed by atoms with Crippen LogP contribution >= 0.6 is 0 Å². The molecule has 1 atom stereocenters. The summed E-state index contributed by atoms with van der Waals surface area (Å²) in [6, 6.07) is 10.3. The van der Waals surface area contributed by atoms with Gasteiger partial charge in [0.2, 0.25) is 10.0 Å². The molecule has 0 saturated heterocycles. The zero-order chi connectivity index (χ0) is 22.3. The molecular formula is C22H28N2O5S. The van der Waals surface area contributed by atoms with E-state index in [1.165, 1.54) is 11.4 Å². The number of fused-ring (bicyclic) bond motifs is 1. The average molecular weight is 433 g/mol. The van der Waals surface area contributed by atoms with Gasteiger partial charge in [0.25, 0.3) is 5.91 Å². The molecule has 1 heterocycles. The fourth-order valence-electron chi connectivity index (χ4n) is 3.60. The molecule has 1 aliphatic heterocycles. The predicted molar refractivity (Wildman–Crippen MR) is 117 cm³/mol. The summed E-state index contributed by atoms with van der Waals surface area (Å²) < 4.78 is 36.5. The highest BCUT2D eigenvalue weighted by atomic mass is 32.2. The largest absolute Gasteiger partial charge is 0.497 e. The number of carbonyl (C=O) groups excluding carboxylic acids is 1. The van der Waals surface area contributed by atoms with Gasteiger partial charge in [0.1, 0.15) is 17.1 Å². The first-order chi connectivity index (χ1) is 13.9. The third kappa shape index (κ3) is 4.53. The molecule has 0 aliphatic carbocycles. The Morgan fingerprint density at radius 1 is 1.23 bits per heavy atom. The van der Waals surface area contributed by atoms with Crippen molar-refractivity contribution in [1.82, 2.24) is 5.32 Å². The maximum atomic E-state index is 13.1. The van der Waals surface area contributed by atoms with Crippen LogP contribution < -0.4 is 19.1 Å². The Bertz CT molecular complexity index is 1080. The first kappa shape index (κ1) is 22.0. The molecule has 0 bridgehead atoms. The summed E-state index contributed by atoms with van der Waals surface area (Å²) in [5.74, 6) is 1.11. The lowest BCUT2D eigenvalue weighted by Crippen LogP contribution is -2.41. The number of sulfonamides is 1. The van der Waals surface area contributed by atoms with Crippen LogP contribution in [0.1, 0.15) is 47.8 Å². The van der Waals surface area contributed by atoms with Gasteiger partial charge in [0, 0.05) is 24.6 Å². The van der Waals surface area contributed by atoms with E-state index in [0.717, 1.165) is 17.4 Å². The van der Waals surface area contributed by atoms with Crippen molar-refractivity contribution in [2.75, 3.05) is 24.7 Å². The standard InChI is InChI=1S/C22H28N2O5S/c1-14-7-8-15(11-19(14)24(4)30(6,26)27)21(25)23-18-13-22(2,3)29-20-10-9-16(28-5)12-17(18)20/h7-12,18H,13H2,1-6H3,(H,23,25)/t18-/m1/s1. The number of nitrogens with zero attached hydrogens (tertiary/aromatic N) is 1. The lowest BCUT2D eigenvalue weighted by atomic mass is 9.89. The van der Waals surface area contributed by atoms with Crippen LogP contribution in [0.3, 0.4) is 0 Å². The summed E-state index contributed by atoms with van der Waals surface area (Å²) in [6.07, 6.45) is 1.72. The van der Waals surface area contributed by atoms with Gasteiger partial charge >= 0.3 is 0 Å². The molecule has 8 heteroatoms. The molecule has 1 amide bonds. The quantitative estimate of drug-likeness (QED) is 0.782. The molecule has 1 N–H and O–H groups in total. The summed E-state index contributed by atoms with van der Waals surface area (Å²) in [6.45, 7) is 5.76. The monoisotopic (exact) mass is 432 g/mol. The highest BCUT2D eigenvalue weighted by Crippen LogP contribution is 2.41. The van der Waals surface area contributed by atoms with Gasteiger partial charge in [-0.15, -0.1) is 0 Å². The summed E-state index contributed by atoms with van der Waals surface area (Å²) in [5, 5.41) is 3.08. The molecule has 3 rings (SSSR count). The first-order valence-electron chi connectivity index (χ1n) is 9.63. The van der Waals surface area contributed by atoms with Crippen LogP contribution in [-0.4, -0.2) is 40.3 Å². The number of benzene rings is 2. The van der Waals surface area contributed by atoms with Gasteiger partial charge in [-0.2, -0.15) is 0 Å². The number of methoxy groups -OCH3 is 1. The number of ether oxygens (including phenoxy) is 2. The number of carbonyl (C=O) groups is 1. The van der Waals surface area contributed by atoms with Crippen LogP contribution in [0.25, 0.3) is 0 Å². The first-order valence-corrected chi connectivity index (χ1v) is 11.5. The van der Waals surface area contributed by atoms with Gasteiger partial charge in [-0.05, 0) is 56.7 Å². The van der Waals surface area contributed by atoms with Gasteiger partial charge < -0.3 is 14.8 Å². The summed E-state index contributed by atoms with van der Waals surface area (Å²) >= 11 is 0. The smallest absolute Gasteiger partial charge is 0.251 e. The SMILES string of the molecule is COc1ccc2c(c1)[C@H](NC(=O)c1ccc(C)c(N(C)S(C)(=O)=O)c1)CC(C)(C)O2. The van der Waals surface area contributed by atoms with Crippen molar-refractivity contribution in [2.24, 2.45) is 0 Å². The minimum atomic E-state index is -3.44. The number of aryl methyl sites for hydroxylation is 1. The van der Waals surface area contributed by atoms with E-state index in [2.05, 4.69) is 5.32 Å². The van der Waals surface area contributed by atoms with Gasteiger partial charge in [0.15, 0.2) is 0 Å². The van der Waals surface area contributed by atoms with E-state index < -0.39 is 15.6 Å². The highest BCUT2D eigenvalue weighted by molar-refractivity contribution is 7.92. The summed E-state index contributed by atoms with van der Waals surface area (Å²) in [5.41, 5.74) is 2.03. The highest BCUT2D eigenvalue weighted by Gasteiger charge is 2.35. The Labute approximate surface area is 178 Å². The number of anilines is 1. The van der Waals surface area contributed by atoms with E-state index >= 15 is 0 Å². The molecule has 7 nitrogen and oxygen atoms in total. The fourth-order valence-corrected chi connectivity index (χ4v) is 4.15. The molecule has 162 valence electrons. The lowest BCUT2D eigenvalue weighted by molar-refractivity contribution is 0.0618. The van der Waals surface area contributed by atoms with E-state index in [1.807, 2.05) is 39.0 Å². The Balaban J connectivity index is 1.93. The average Bonchev–Trinajstić information content (AvgIpc) is 2.66. The van der Waals surface area contributed by atoms with E-state index in [-0.39, 0.29) is 11.9 Å². The van der Waals surface area contributed by atoms with Crippen molar-refractivity contribution in [3.8, 4) is 11.5 Å². The second kappa shape index (κ2) is 7.83. The number of hydrogen-bond acceptors (Lipinski definition) is 5. The van der Waals surface area contributed by atoms with Gasteiger partial charge in [-0.1, -0.05) is 6.07 Å². The maximum Gasteiger partial charge on any atom is 0.251 e. The molecule has 30 heavy (non-hydrogen) atoms. The molecular weight excluding hydrogens is 404 g/mol. The van der Waals surface area contributed by atoms with Crippen molar-refractivity contribution in [1.29, 1.82) is 0 Å². The molecule has 0 fully saturated rings. The molecule has 0 radical (unpaired) electrons. The lowest BCUT2D eigenvalue weighted by Gasteiger charge is -2.38. The molecule has 0 aromatic heterocycles. The third-order valence-corrected chi connectivity index (χ3v) is 6.48. The number of amides is 1. The van der Waals surface area contributed by atoms with E-state index in [9.17, 15) is 13.2 Å². The second-order valence-electron chi connectivity index (χ2n) is 8.23. The second-order valence-corrected chi connectivity index (χ2v) is 10.2. The number of hydrogen-bond donors (Lipinski definition) is 1. The van der Waals surface area contributed by atoms with Gasteiger partial charge in [-0.3, -0.25) is 9.10 Å². The minimum absolute atomic E-state index is 0.274.